The van der Waals surface area contributed by atoms with Crippen molar-refractivity contribution in [2.75, 3.05) is 26.4 Å². The van der Waals surface area contributed by atoms with Crippen LogP contribution < -0.4 is 0 Å². The van der Waals surface area contributed by atoms with Crippen molar-refractivity contribution in [1.29, 1.82) is 0 Å². The molecule has 1 atom stereocenters. The van der Waals surface area contributed by atoms with Gasteiger partial charge in [-0.3, -0.25) is 4.79 Å². The fraction of sp³-hybridized carbons (Fsp3) is 0.929. The summed E-state index contributed by atoms with van der Waals surface area (Å²) in [6.45, 7) is 7.87. The van der Waals surface area contributed by atoms with Crippen molar-refractivity contribution in [2.45, 2.75) is 59.0 Å². The maximum absolute atomic E-state index is 10.6. The first-order chi connectivity index (χ1) is 8.70. The van der Waals surface area contributed by atoms with Gasteiger partial charge < -0.3 is 14.2 Å². The number of ether oxygens (including phenoxy) is 3. The largest absolute Gasteiger partial charge is 0.463 e. The molecular weight excluding hydrogens is 232 g/mol. The highest BCUT2D eigenvalue weighted by Crippen LogP contribution is 2.02. The van der Waals surface area contributed by atoms with Gasteiger partial charge in [0.1, 0.15) is 6.61 Å². The second-order valence-electron chi connectivity index (χ2n) is 4.38. The van der Waals surface area contributed by atoms with Gasteiger partial charge in [-0.1, -0.05) is 33.1 Å². The third-order valence-corrected chi connectivity index (χ3v) is 2.64. The molecule has 0 N–H and O–H groups in total. The molecule has 108 valence electrons. The van der Waals surface area contributed by atoms with Gasteiger partial charge in [0, 0.05) is 13.5 Å². The molecule has 4 heteroatoms. The van der Waals surface area contributed by atoms with E-state index in [2.05, 4.69) is 13.8 Å². The van der Waals surface area contributed by atoms with E-state index in [4.69, 9.17) is 14.2 Å². The van der Waals surface area contributed by atoms with Crippen molar-refractivity contribution in [3.8, 4) is 0 Å². The molecule has 4 nitrogen and oxygen atoms in total. The van der Waals surface area contributed by atoms with E-state index in [1.54, 1.807) is 0 Å². The van der Waals surface area contributed by atoms with E-state index in [0.717, 1.165) is 19.4 Å². The molecule has 0 saturated carbocycles. The Morgan fingerprint density at radius 3 is 2.44 bits per heavy atom. The van der Waals surface area contributed by atoms with Crippen molar-refractivity contribution in [3.05, 3.63) is 0 Å². The lowest BCUT2D eigenvalue weighted by Crippen LogP contribution is -2.22. The van der Waals surface area contributed by atoms with Crippen LogP contribution in [-0.2, 0) is 19.0 Å². The zero-order chi connectivity index (χ0) is 13.6. The van der Waals surface area contributed by atoms with E-state index in [1.165, 1.54) is 26.2 Å². The molecule has 0 heterocycles. The predicted octanol–water partition coefficient (Wildman–Crippen LogP) is 2.94. The lowest BCUT2D eigenvalue weighted by atomic mass is 10.2. The summed E-state index contributed by atoms with van der Waals surface area (Å²) < 4.78 is 15.9. The topological polar surface area (TPSA) is 44.8 Å². The fourth-order valence-electron chi connectivity index (χ4n) is 1.53. The van der Waals surface area contributed by atoms with Gasteiger partial charge in [0.15, 0.2) is 0 Å². The lowest BCUT2D eigenvalue weighted by molar-refractivity contribution is -0.143. The SMILES string of the molecule is CCCCCCOCC(CC)OCCOC(C)=O. The van der Waals surface area contributed by atoms with Gasteiger partial charge >= 0.3 is 5.97 Å². The van der Waals surface area contributed by atoms with Gasteiger partial charge in [-0.15, -0.1) is 0 Å². The highest BCUT2D eigenvalue weighted by molar-refractivity contribution is 5.65. The summed E-state index contributed by atoms with van der Waals surface area (Å²) >= 11 is 0. The summed E-state index contributed by atoms with van der Waals surface area (Å²) in [7, 11) is 0. The first-order valence-corrected chi connectivity index (χ1v) is 7.03. The van der Waals surface area contributed by atoms with Gasteiger partial charge in [-0.05, 0) is 12.8 Å². The molecule has 0 rings (SSSR count). The molecule has 0 radical (unpaired) electrons. The second kappa shape index (κ2) is 12.8. The number of rotatable bonds is 12. The summed E-state index contributed by atoms with van der Waals surface area (Å²) in [5, 5.41) is 0. The Morgan fingerprint density at radius 2 is 1.83 bits per heavy atom. The molecule has 0 amide bonds. The van der Waals surface area contributed by atoms with Gasteiger partial charge in [-0.2, -0.15) is 0 Å². The van der Waals surface area contributed by atoms with E-state index >= 15 is 0 Å². The van der Waals surface area contributed by atoms with Crippen molar-refractivity contribution in [3.63, 3.8) is 0 Å². The molecule has 0 aromatic carbocycles. The zero-order valence-electron chi connectivity index (χ0n) is 12.1. The Kier molecular flexibility index (Phi) is 12.4. The van der Waals surface area contributed by atoms with E-state index in [1.807, 2.05) is 0 Å². The molecule has 0 saturated heterocycles. The summed E-state index contributed by atoms with van der Waals surface area (Å²) in [5.74, 6) is -0.265. The van der Waals surface area contributed by atoms with Crippen molar-refractivity contribution < 1.29 is 19.0 Å². The Bertz CT molecular complexity index is 194. The van der Waals surface area contributed by atoms with Gasteiger partial charge in [0.25, 0.3) is 0 Å². The van der Waals surface area contributed by atoms with Crippen LogP contribution in [0.3, 0.4) is 0 Å². The quantitative estimate of drug-likeness (QED) is 0.400. The van der Waals surface area contributed by atoms with Gasteiger partial charge in [-0.25, -0.2) is 0 Å². The molecule has 0 aliphatic rings. The molecule has 0 fully saturated rings. The third kappa shape index (κ3) is 11.9. The smallest absolute Gasteiger partial charge is 0.302 e. The Hall–Kier alpha value is -0.610. The van der Waals surface area contributed by atoms with Crippen LogP contribution in [0.15, 0.2) is 0 Å². The van der Waals surface area contributed by atoms with E-state index in [9.17, 15) is 4.79 Å². The number of unbranched alkanes of at least 4 members (excludes halogenated alkanes) is 3. The van der Waals surface area contributed by atoms with Crippen molar-refractivity contribution >= 4 is 5.97 Å². The average Bonchev–Trinajstić information content (AvgIpc) is 2.35. The third-order valence-electron chi connectivity index (χ3n) is 2.64. The normalized spacial score (nSPS) is 12.4. The van der Waals surface area contributed by atoms with Crippen LogP contribution >= 0.6 is 0 Å². The van der Waals surface area contributed by atoms with E-state index < -0.39 is 0 Å². The fourth-order valence-corrected chi connectivity index (χ4v) is 1.53. The molecule has 18 heavy (non-hydrogen) atoms. The standard InChI is InChI=1S/C14H28O4/c1-4-6-7-8-9-16-12-14(5-2)18-11-10-17-13(3)15/h14H,4-12H2,1-3H3. The summed E-state index contributed by atoms with van der Waals surface area (Å²) in [6, 6.07) is 0. The first kappa shape index (κ1) is 17.4. The van der Waals surface area contributed by atoms with Crippen molar-refractivity contribution in [1.82, 2.24) is 0 Å². The maximum atomic E-state index is 10.6. The molecule has 0 aliphatic heterocycles. The van der Waals surface area contributed by atoms with Gasteiger partial charge in [0.05, 0.1) is 19.3 Å². The molecular formula is C14H28O4. The highest BCUT2D eigenvalue weighted by Gasteiger charge is 2.06. The number of carbonyl (C=O) groups is 1. The predicted molar refractivity (Wildman–Crippen MR) is 71.6 cm³/mol. The van der Waals surface area contributed by atoms with Crippen LogP contribution in [0.4, 0.5) is 0 Å². The van der Waals surface area contributed by atoms with Crippen LogP contribution in [0, 0.1) is 0 Å². The van der Waals surface area contributed by atoms with Crippen LogP contribution in [0.25, 0.3) is 0 Å². The molecule has 0 spiro atoms. The maximum Gasteiger partial charge on any atom is 0.302 e. The Balaban J connectivity index is 3.37. The number of hydrogen-bond donors (Lipinski definition) is 0. The lowest BCUT2D eigenvalue weighted by Gasteiger charge is -2.16. The van der Waals surface area contributed by atoms with Crippen LogP contribution in [0.1, 0.15) is 52.9 Å². The summed E-state index contributed by atoms with van der Waals surface area (Å²) in [4.78, 5) is 10.6. The molecule has 0 aromatic heterocycles. The Morgan fingerprint density at radius 1 is 1.06 bits per heavy atom. The molecule has 0 aliphatic carbocycles. The minimum atomic E-state index is -0.265. The zero-order valence-corrected chi connectivity index (χ0v) is 12.1. The number of esters is 1. The number of hydrogen-bond acceptors (Lipinski definition) is 4. The monoisotopic (exact) mass is 260 g/mol. The van der Waals surface area contributed by atoms with Crippen LogP contribution in [-0.4, -0.2) is 38.5 Å². The van der Waals surface area contributed by atoms with Crippen LogP contribution in [0.5, 0.6) is 0 Å². The summed E-state index contributed by atoms with van der Waals surface area (Å²) in [5.41, 5.74) is 0. The minimum absolute atomic E-state index is 0.103. The molecule has 0 bridgehead atoms. The van der Waals surface area contributed by atoms with E-state index in [0.29, 0.717) is 19.8 Å². The van der Waals surface area contributed by atoms with Gasteiger partial charge in [0.2, 0.25) is 0 Å². The number of carbonyl (C=O) groups excluding carboxylic acids is 1. The molecule has 1 unspecified atom stereocenters. The highest BCUT2D eigenvalue weighted by atomic mass is 16.6. The van der Waals surface area contributed by atoms with E-state index in [-0.39, 0.29) is 12.1 Å². The second-order valence-corrected chi connectivity index (χ2v) is 4.38. The minimum Gasteiger partial charge on any atom is -0.463 e. The Labute approximate surface area is 111 Å². The first-order valence-electron chi connectivity index (χ1n) is 7.03. The van der Waals surface area contributed by atoms with Crippen molar-refractivity contribution in [2.24, 2.45) is 0 Å². The molecule has 0 aromatic rings. The average molecular weight is 260 g/mol. The summed E-state index contributed by atoms with van der Waals surface area (Å²) in [6.07, 6.45) is 5.90. The van der Waals surface area contributed by atoms with Crippen LogP contribution in [0.2, 0.25) is 0 Å².